The summed E-state index contributed by atoms with van der Waals surface area (Å²) >= 11 is 0. The standard InChI is InChI=1S/C22H38N9O5P/c32-11-2-1-5-31-17-19(27-28-31)16-23-22-25-20(15-21(26-22)30-8-12-36-13-9-30)24-18-3-6-29(7-4-18)10-14-37(33,34)35/h15,17-18,32H,1-14,16H2,(H2,33,34,35)(H2,23,24,25,26). The number of likely N-dealkylation sites (tertiary alicyclic amines) is 1. The normalized spacial score (nSPS) is 17.8. The van der Waals surface area contributed by atoms with E-state index in [0.717, 1.165) is 69.2 Å². The van der Waals surface area contributed by atoms with Gasteiger partial charge in [0, 0.05) is 58.0 Å². The smallest absolute Gasteiger partial charge is 0.326 e. The van der Waals surface area contributed by atoms with E-state index in [1.165, 1.54) is 0 Å². The third-order valence-electron chi connectivity index (χ3n) is 6.50. The zero-order valence-corrected chi connectivity index (χ0v) is 22.0. The van der Waals surface area contributed by atoms with Gasteiger partial charge in [0.25, 0.3) is 0 Å². The molecule has 2 aliphatic rings. The van der Waals surface area contributed by atoms with Crippen LogP contribution in [0.3, 0.4) is 0 Å². The van der Waals surface area contributed by atoms with Crippen LogP contribution in [0.2, 0.25) is 0 Å². The molecule has 37 heavy (non-hydrogen) atoms. The first-order valence-electron chi connectivity index (χ1n) is 12.9. The van der Waals surface area contributed by atoms with Gasteiger partial charge in [-0.2, -0.15) is 9.97 Å². The van der Waals surface area contributed by atoms with Crippen LogP contribution >= 0.6 is 7.60 Å². The molecule has 15 heteroatoms. The van der Waals surface area contributed by atoms with Crippen molar-refractivity contribution in [3.8, 4) is 0 Å². The predicted molar refractivity (Wildman–Crippen MR) is 139 cm³/mol. The predicted octanol–water partition coefficient (Wildman–Crippen LogP) is 0.343. The van der Waals surface area contributed by atoms with Crippen LogP contribution < -0.4 is 15.5 Å². The Morgan fingerprint density at radius 3 is 2.59 bits per heavy atom. The van der Waals surface area contributed by atoms with E-state index in [1.807, 2.05) is 12.3 Å². The van der Waals surface area contributed by atoms with Crippen molar-refractivity contribution in [2.45, 2.75) is 44.8 Å². The fourth-order valence-electron chi connectivity index (χ4n) is 4.41. The number of hydrogen-bond acceptors (Lipinski definition) is 11. The van der Waals surface area contributed by atoms with Crippen molar-refractivity contribution in [2.24, 2.45) is 0 Å². The van der Waals surface area contributed by atoms with Crippen molar-refractivity contribution in [2.75, 3.05) is 74.2 Å². The maximum Gasteiger partial charge on any atom is 0.326 e. The van der Waals surface area contributed by atoms with Crippen LogP contribution in [0, 0.1) is 0 Å². The Kier molecular flexibility index (Phi) is 10.1. The molecule has 0 bridgehead atoms. The van der Waals surface area contributed by atoms with Gasteiger partial charge in [0.05, 0.1) is 32.1 Å². The Morgan fingerprint density at radius 1 is 1.08 bits per heavy atom. The van der Waals surface area contributed by atoms with Gasteiger partial charge in [0.15, 0.2) is 0 Å². The van der Waals surface area contributed by atoms with E-state index in [4.69, 9.17) is 29.6 Å². The number of piperidine rings is 1. The van der Waals surface area contributed by atoms with Gasteiger partial charge in [-0.25, -0.2) is 0 Å². The lowest BCUT2D eigenvalue weighted by Gasteiger charge is -2.33. The molecule has 0 aromatic carbocycles. The van der Waals surface area contributed by atoms with Crippen LogP contribution in [0.1, 0.15) is 31.4 Å². The van der Waals surface area contributed by atoms with Gasteiger partial charge in [-0.15, -0.1) is 5.10 Å². The molecule has 0 atom stereocenters. The minimum atomic E-state index is -3.98. The number of nitrogens with zero attached hydrogens (tertiary/aromatic N) is 7. The first-order chi connectivity index (χ1) is 17.9. The minimum Gasteiger partial charge on any atom is -0.396 e. The molecule has 0 spiro atoms. The lowest BCUT2D eigenvalue weighted by Crippen LogP contribution is -2.40. The van der Waals surface area contributed by atoms with Crippen molar-refractivity contribution in [1.82, 2.24) is 29.9 Å². The summed E-state index contributed by atoms with van der Waals surface area (Å²) in [5.41, 5.74) is 0.779. The fraction of sp³-hybridized carbons (Fsp3) is 0.727. The number of aryl methyl sites for hydroxylation is 1. The Balaban J connectivity index is 1.37. The van der Waals surface area contributed by atoms with E-state index in [9.17, 15) is 4.57 Å². The number of morpholine rings is 1. The van der Waals surface area contributed by atoms with Gasteiger partial charge in [-0.3, -0.25) is 9.25 Å². The van der Waals surface area contributed by atoms with Gasteiger partial charge in [0.2, 0.25) is 5.95 Å². The summed E-state index contributed by atoms with van der Waals surface area (Å²) in [5, 5.41) is 24.1. The highest BCUT2D eigenvalue weighted by atomic mass is 31.2. The highest BCUT2D eigenvalue weighted by molar-refractivity contribution is 7.51. The molecular weight excluding hydrogens is 501 g/mol. The van der Waals surface area contributed by atoms with Crippen LogP contribution in [0.15, 0.2) is 12.3 Å². The topological polar surface area (TPSA) is 174 Å². The largest absolute Gasteiger partial charge is 0.396 e. The number of aliphatic hydroxyl groups excluding tert-OH is 1. The summed E-state index contributed by atoms with van der Waals surface area (Å²) in [5.74, 6) is 2.07. The van der Waals surface area contributed by atoms with Crippen molar-refractivity contribution in [3.63, 3.8) is 0 Å². The molecule has 2 aromatic rings. The molecule has 2 fully saturated rings. The number of ether oxygens (including phenoxy) is 1. The second-order valence-electron chi connectivity index (χ2n) is 9.44. The number of hydrogen-bond donors (Lipinski definition) is 5. The van der Waals surface area contributed by atoms with E-state index in [-0.39, 0.29) is 18.8 Å². The number of aliphatic hydroxyl groups is 1. The summed E-state index contributed by atoms with van der Waals surface area (Å²) in [6, 6.07) is 2.18. The van der Waals surface area contributed by atoms with Crippen LogP contribution in [0.4, 0.5) is 17.6 Å². The lowest BCUT2D eigenvalue weighted by molar-refractivity contribution is 0.122. The molecule has 0 saturated carbocycles. The van der Waals surface area contributed by atoms with Gasteiger partial charge < -0.3 is 40.1 Å². The van der Waals surface area contributed by atoms with Gasteiger partial charge >= 0.3 is 7.60 Å². The van der Waals surface area contributed by atoms with Gasteiger partial charge in [-0.1, -0.05) is 5.21 Å². The molecule has 2 aromatic heterocycles. The third kappa shape index (κ3) is 9.16. The maximum atomic E-state index is 11.2. The van der Waals surface area contributed by atoms with Crippen molar-refractivity contribution < 1.29 is 24.2 Å². The Labute approximate surface area is 216 Å². The third-order valence-corrected chi connectivity index (χ3v) is 7.29. The molecule has 4 rings (SSSR count). The average molecular weight is 540 g/mol. The molecule has 4 heterocycles. The van der Waals surface area contributed by atoms with E-state index in [2.05, 4.69) is 30.7 Å². The first-order valence-corrected chi connectivity index (χ1v) is 14.7. The molecular formula is C22H38N9O5P. The monoisotopic (exact) mass is 539 g/mol. The molecule has 0 unspecified atom stereocenters. The van der Waals surface area contributed by atoms with Crippen LogP contribution in [-0.4, -0.2) is 110 Å². The summed E-state index contributed by atoms with van der Waals surface area (Å²) in [6.45, 7) is 6.11. The van der Waals surface area contributed by atoms with E-state index in [1.54, 1.807) is 4.68 Å². The second kappa shape index (κ2) is 13.4. The summed E-state index contributed by atoms with van der Waals surface area (Å²) < 4.78 is 18.4. The second-order valence-corrected chi connectivity index (χ2v) is 11.2. The highest BCUT2D eigenvalue weighted by Gasteiger charge is 2.23. The zero-order chi connectivity index (χ0) is 26.1. The molecule has 14 nitrogen and oxygen atoms in total. The average Bonchev–Trinajstić information content (AvgIpc) is 3.35. The van der Waals surface area contributed by atoms with E-state index < -0.39 is 7.60 Å². The molecule has 2 aliphatic heterocycles. The Morgan fingerprint density at radius 2 is 1.86 bits per heavy atom. The Bertz CT molecular complexity index is 1020. The maximum absolute atomic E-state index is 11.2. The van der Waals surface area contributed by atoms with E-state index >= 15 is 0 Å². The van der Waals surface area contributed by atoms with Crippen LogP contribution in [0.5, 0.6) is 0 Å². The molecule has 5 N–H and O–H groups in total. The van der Waals surface area contributed by atoms with Gasteiger partial charge in [-0.05, 0) is 25.7 Å². The number of nitrogens with one attached hydrogen (secondary N) is 2. The van der Waals surface area contributed by atoms with Crippen LogP contribution in [-0.2, 0) is 22.4 Å². The fourth-order valence-corrected chi connectivity index (χ4v) is 4.95. The summed E-state index contributed by atoms with van der Waals surface area (Å²) in [6.07, 6.45) is 5.08. The van der Waals surface area contributed by atoms with E-state index in [0.29, 0.717) is 38.8 Å². The zero-order valence-electron chi connectivity index (χ0n) is 21.1. The Hall–Kier alpha value is -2.35. The first kappa shape index (κ1) is 27.7. The summed E-state index contributed by atoms with van der Waals surface area (Å²) in [4.78, 5) is 32.0. The quantitative estimate of drug-likeness (QED) is 0.174. The minimum absolute atomic E-state index is 0.106. The SMILES string of the molecule is O=P(O)(O)CCN1CCC(Nc2cc(N3CCOCC3)nc(NCc3cn(CCCCO)nn3)n2)CC1. The molecule has 2 saturated heterocycles. The van der Waals surface area contributed by atoms with Crippen molar-refractivity contribution in [3.05, 3.63) is 18.0 Å². The van der Waals surface area contributed by atoms with Gasteiger partial charge in [0.1, 0.15) is 17.3 Å². The van der Waals surface area contributed by atoms with Crippen LogP contribution in [0.25, 0.3) is 0 Å². The summed E-state index contributed by atoms with van der Waals surface area (Å²) in [7, 11) is -3.98. The van der Waals surface area contributed by atoms with Crippen molar-refractivity contribution >= 4 is 25.2 Å². The number of aromatic nitrogens is 5. The molecule has 0 amide bonds. The molecule has 206 valence electrons. The molecule has 0 radical (unpaired) electrons. The number of unbranched alkanes of at least 4 members (excludes halogenated alkanes) is 1. The molecule has 0 aliphatic carbocycles. The van der Waals surface area contributed by atoms with Crippen molar-refractivity contribution in [1.29, 1.82) is 0 Å². The lowest BCUT2D eigenvalue weighted by atomic mass is 10.1. The number of anilines is 3. The number of rotatable bonds is 13. The highest BCUT2D eigenvalue weighted by Crippen LogP contribution is 2.34.